The third-order valence-corrected chi connectivity index (χ3v) is 6.03. The fourth-order valence-corrected chi connectivity index (χ4v) is 3.95. The van der Waals surface area contributed by atoms with Crippen LogP contribution in [0.15, 0.2) is 83.3 Å². The minimum Gasteiger partial charge on any atom is -0.497 e. The Kier molecular flexibility index (Phi) is 7.56. The number of carbonyl (C=O) groups is 1. The number of pyridine rings is 1. The second kappa shape index (κ2) is 11.0. The molecule has 0 saturated carbocycles. The summed E-state index contributed by atoms with van der Waals surface area (Å²) in [6.07, 6.45) is 3.39. The van der Waals surface area contributed by atoms with Gasteiger partial charge in [0.05, 0.1) is 18.6 Å². The van der Waals surface area contributed by atoms with Crippen molar-refractivity contribution < 1.29 is 9.53 Å². The van der Waals surface area contributed by atoms with Crippen LogP contribution in [0.3, 0.4) is 0 Å². The van der Waals surface area contributed by atoms with Crippen LogP contribution in [0, 0.1) is 0 Å². The highest BCUT2D eigenvalue weighted by Crippen LogP contribution is 2.28. The van der Waals surface area contributed by atoms with Crippen LogP contribution >= 0.6 is 23.4 Å². The number of nitrogens with one attached hydrogen (secondary N) is 1. The molecule has 4 rings (SSSR count). The number of hydrogen-bond acceptors (Lipinski definition) is 7. The summed E-state index contributed by atoms with van der Waals surface area (Å²) in [6.45, 7) is 1.83. The highest BCUT2D eigenvalue weighted by molar-refractivity contribution is 7.99. The quantitative estimate of drug-likeness (QED) is 0.219. The Morgan fingerprint density at radius 3 is 2.44 bits per heavy atom. The predicted octanol–water partition coefficient (Wildman–Crippen LogP) is 4.62. The molecule has 2 heterocycles. The van der Waals surface area contributed by atoms with Crippen molar-refractivity contribution in [2.45, 2.75) is 12.1 Å². The van der Waals surface area contributed by atoms with Gasteiger partial charge in [-0.1, -0.05) is 23.4 Å². The largest absolute Gasteiger partial charge is 0.497 e. The normalized spacial score (nSPS) is 11.3. The molecule has 0 atom stereocenters. The molecule has 34 heavy (non-hydrogen) atoms. The first-order chi connectivity index (χ1) is 16.5. The Labute approximate surface area is 206 Å². The first-order valence-corrected chi connectivity index (χ1v) is 11.6. The standard InChI is InChI=1S/C24H21ClN6O2S/c1-16(17-3-9-21(33-2)10-4-17)27-28-22(32)15-34-24-30-29-23(18-11-13-26-14-12-18)31(24)20-7-5-19(25)6-8-20/h3-14H,15H2,1-2H3,(H,28,32)/b27-16-. The van der Waals surface area contributed by atoms with Gasteiger partial charge in [-0.25, -0.2) is 5.43 Å². The highest BCUT2D eigenvalue weighted by atomic mass is 35.5. The molecule has 0 bridgehead atoms. The summed E-state index contributed by atoms with van der Waals surface area (Å²) >= 11 is 7.33. The molecular weight excluding hydrogens is 472 g/mol. The van der Waals surface area contributed by atoms with Crippen LogP contribution < -0.4 is 10.2 Å². The zero-order valence-corrected chi connectivity index (χ0v) is 20.0. The highest BCUT2D eigenvalue weighted by Gasteiger charge is 2.17. The van der Waals surface area contributed by atoms with Gasteiger partial charge in [0, 0.05) is 28.7 Å². The lowest BCUT2D eigenvalue weighted by atomic mass is 10.1. The van der Waals surface area contributed by atoms with E-state index in [-0.39, 0.29) is 11.7 Å². The molecule has 172 valence electrons. The van der Waals surface area contributed by atoms with E-state index >= 15 is 0 Å². The Hall–Kier alpha value is -3.69. The number of hydrogen-bond donors (Lipinski definition) is 1. The second-order valence-electron chi connectivity index (χ2n) is 7.10. The Morgan fingerprint density at radius 2 is 1.76 bits per heavy atom. The maximum Gasteiger partial charge on any atom is 0.250 e. The molecule has 0 aliphatic rings. The minimum absolute atomic E-state index is 0.113. The Bertz CT molecular complexity index is 1290. The molecular formula is C24H21ClN6O2S. The summed E-state index contributed by atoms with van der Waals surface area (Å²) < 4.78 is 7.05. The summed E-state index contributed by atoms with van der Waals surface area (Å²) in [5, 5.41) is 14.1. The van der Waals surface area contributed by atoms with Gasteiger partial charge in [-0.15, -0.1) is 10.2 Å². The molecule has 0 fully saturated rings. The number of rotatable bonds is 8. The van der Waals surface area contributed by atoms with Gasteiger partial charge in [-0.05, 0) is 73.2 Å². The minimum atomic E-state index is -0.256. The molecule has 4 aromatic rings. The van der Waals surface area contributed by atoms with E-state index in [0.29, 0.717) is 21.7 Å². The van der Waals surface area contributed by atoms with E-state index in [1.165, 1.54) is 11.8 Å². The van der Waals surface area contributed by atoms with Crippen LogP contribution in [-0.4, -0.2) is 44.2 Å². The smallest absolute Gasteiger partial charge is 0.250 e. The fraction of sp³-hybridized carbons (Fsp3) is 0.125. The molecule has 0 aliphatic carbocycles. The van der Waals surface area contributed by atoms with Crippen molar-refractivity contribution in [1.82, 2.24) is 25.2 Å². The van der Waals surface area contributed by atoms with Crippen molar-refractivity contribution in [2.75, 3.05) is 12.9 Å². The summed E-state index contributed by atoms with van der Waals surface area (Å²) in [7, 11) is 1.61. The number of thioether (sulfide) groups is 1. The third-order valence-electron chi connectivity index (χ3n) is 4.85. The number of halogens is 1. The van der Waals surface area contributed by atoms with E-state index in [0.717, 1.165) is 22.6 Å². The van der Waals surface area contributed by atoms with Gasteiger partial charge in [-0.2, -0.15) is 5.10 Å². The van der Waals surface area contributed by atoms with E-state index in [1.807, 2.05) is 60.0 Å². The van der Waals surface area contributed by atoms with E-state index in [4.69, 9.17) is 16.3 Å². The lowest BCUT2D eigenvalue weighted by Gasteiger charge is -2.10. The van der Waals surface area contributed by atoms with Crippen molar-refractivity contribution in [3.8, 4) is 22.8 Å². The number of carbonyl (C=O) groups excluding carboxylic acids is 1. The Morgan fingerprint density at radius 1 is 1.06 bits per heavy atom. The fourth-order valence-electron chi connectivity index (χ4n) is 3.08. The average Bonchev–Trinajstić information content (AvgIpc) is 3.31. The summed E-state index contributed by atoms with van der Waals surface area (Å²) in [6, 6.07) is 18.5. The van der Waals surface area contributed by atoms with Crippen LogP contribution in [0.25, 0.3) is 17.1 Å². The molecule has 1 amide bonds. The third kappa shape index (κ3) is 5.62. The first kappa shape index (κ1) is 23.5. The van der Waals surface area contributed by atoms with Crippen molar-refractivity contribution in [3.05, 3.63) is 83.6 Å². The maximum absolute atomic E-state index is 12.5. The molecule has 2 aromatic carbocycles. The van der Waals surface area contributed by atoms with E-state index in [2.05, 4.69) is 25.7 Å². The van der Waals surface area contributed by atoms with Gasteiger partial charge >= 0.3 is 0 Å². The molecule has 8 nitrogen and oxygen atoms in total. The molecule has 2 aromatic heterocycles. The van der Waals surface area contributed by atoms with Crippen LogP contribution in [0.1, 0.15) is 12.5 Å². The van der Waals surface area contributed by atoms with Gasteiger partial charge in [0.25, 0.3) is 5.91 Å². The van der Waals surface area contributed by atoms with Gasteiger partial charge in [0.1, 0.15) is 5.75 Å². The lowest BCUT2D eigenvalue weighted by molar-refractivity contribution is -0.118. The van der Waals surface area contributed by atoms with Crippen LogP contribution in [0.5, 0.6) is 5.75 Å². The van der Waals surface area contributed by atoms with E-state index < -0.39 is 0 Å². The van der Waals surface area contributed by atoms with Crippen LogP contribution in [0.2, 0.25) is 5.02 Å². The molecule has 0 unspecified atom stereocenters. The van der Waals surface area contributed by atoms with Crippen molar-refractivity contribution in [1.29, 1.82) is 0 Å². The van der Waals surface area contributed by atoms with Gasteiger partial charge < -0.3 is 4.74 Å². The van der Waals surface area contributed by atoms with Crippen molar-refractivity contribution in [3.63, 3.8) is 0 Å². The Balaban J connectivity index is 1.49. The molecule has 0 spiro atoms. The SMILES string of the molecule is COc1ccc(/C(C)=N\NC(=O)CSc2nnc(-c3ccncc3)n2-c2ccc(Cl)cc2)cc1. The molecule has 0 radical (unpaired) electrons. The molecule has 0 aliphatic heterocycles. The van der Waals surface area contributed by atoms with E-state index in [1.54, 1.807) is 31.6 Å². The number of amides is 1. The molecule has 10 heteroatoms. The first-order valence-electron chi connectivity index (χ1n) is 10.3. The van der Waals surface area contributed by atoms with Crippen LogP contribution in [-0.2, 0) is 4.79 Å². The molecule has 0 saturated heterocycles. The van der Waals surface area contributed by atoms with Crippen LogP contribution in [0.4, 0.5) is 0 Å². The van der Waals surface area contributed by atoms with Gasteiger partial charge in [-0.3, -0.25) is 14.3 Å². The summed E-state index contributed by atoms with van der Waals surface area (Å²) in [5.41, 5.74) is 5.86. The molecule has 1 N–H and O–H groups in total. The number of aromatic nitrogens is 4. The number of hydrazone groups is 1. The average molecular weight is 493 g/mol. The van der Waals surface area contributed by atoms with Gasteiger partial charge in [0.2, 0.25) is 0 Å². The monoisotopic (exact) mass is 492 g/mol. The van der Waals surface area contributed by atoms with Crippen molar-refractivity contribution >= 4 is 35.0 Å². The number of methoxy groups -OCH3 is 1. The summed E-state index contributed by atoms with van der Waals surface area (Å²) in [5.74, 6) is 1.25. The van der Waals surface area contributed by atoms with Gasteiger partial charge in [0.15, 0.2) is 11.0 Å². The zero-order valence-electron chi connectivity index (χ0n) is 18.5. The topological polar surface area (TPSA) is 94.3 Å². The number of ether oxygens (including phenoxy) is 1. The summed E-state index contributed by atoms with van der Waals surface area (Å²) in [4.78, 5) is 16.5. The number of benzene rings is 2. The van der Waals surface area contributed by atoms with Crippen molar-refractivity contribution in [2.24, 2.45) is 5.10 Å². The maximum atomic E-state index is 12.5. The number of nitrogens with zero attached hydrogens (tertiary/aromatic N) is 5. The second-order valence-corrected chi connectivity index (χ2v) is 8.48. The predicted molar refractivity (Wildman–Crippen MR) is 134 cm³/mol. The lowest BCUT2D eigenvalue weighted by Crippen LogP contribution is -2.21. The van der Waals surface area contributed by atoms with E-state index in [9.17, 15) is 4.79 Å². The zero-order chi connectivity index (χ0) is 23.9.